The summed E-state index contributed by atoms with van der Waals surface area (Å²) < 4.78 is 37.7. The monoisotopic (exact) mass is 420 g/mol. The fourth-order valence-corrected chi connectivity index (χ4v) is 4.10. The Labute approximate surface area is 172 Å². The Morgan fingerprint density at radius 3 is 2.10 bits per heavy atom. The molecule has 29 heavy (non-hydrogen) atoms. The van der Waals surface area contributed by atoms with E-state index >= 15 is 0 Å². The maximum atomic E-state index is 13.0. The van der Waals surface area contributed by atoms with E-state index < -0.39 is 10.0 Å². The van der Waals surface area contributed by atoms with Crippen LogP contribution in [-0.2, 0) is 16.6 Å². The van der Waals surface area contributed by atoms with Crippen LogP contribution in [0, 0.1) is 0 Å². The predicted molar refractivity (Wildman–Crippen MR) is 112 cm³/mol. The predicted octanol–water partition coefficient (Wildman–Crippen LogP) is 3.01. The molecule has 0 heterocycles. The Kier molecular flexibility index (Phi) is 7.64. The molecular weight excluding hydrogens is 392 g/mol. The number of methoxy groups -OCH3 is 2. The molecule has 0 radical (unpaired) electrons. The Morgan fingerprint density at radius 2 is 1.59 bits per heavy atom. The fourth-order valence-electron chi connectivity index (χ4n) is 2.95. The molecule has 158 valence electrons. The van der Waals surface area contributed by atoms with Gasteiger partial charge in [0.1, 0.15) is 11.5 Å². The highest BCUT2D eigenvalue weighted by atomic mass is 32.2. The molecule has 1 amide bonds. The molecule has 8 heteroatoms. The van der Waals surface area contributed by atoms with Gasteiger partial charge in [0.25, 0.3) is 5.91 Å². The lowest BCUT2D eigenvalue weighted by molar-refractivity contribution is 0.0773. The molecule has 0 bridgehead atoms. The van der Waals surface area contributed by atoms with Crippen LogP contribution in [-0.4, -0.2) is 57.9 Å². The lowest BCUT2D eigenvalue weighted by Gasteiger charge is -2.20. The minimum Gasteiger partial charge on any atom is -0.497 e. The maximum absolute atomic E-state index is 13.0. The van der Waals surface area contributed by atoms with Crippen molar-refractivity contribution in [1.82, 2.24) is 9.21 Å². The van der Waals surface area contributed by atoms with E-state index in [1.165, 1.54) is 30.6 Å². The zero-order valence-corrected chi connectivity index (χ0v) is 18.3. The lowest BCUT2D eigenvalue weighted by atomic mass is 10.2. The van der Waals surface area contributed by atoms with Gasteiger partial charge in [-0.15, -0.1) is 0 Å². The van der Waals surface area contributed by atoms with E-state index in [9.17, 15) is 13.2 Å². The van der Waals surface area contributed by atoms with Gasteiger partial charge >= 0.3 is 0 Å². The SMILES string of the molecule is CCN(CC)C(=O)c1ccc(S(=O)(=O)N(C)Cc2ccc(OC)cc2OC)cc1. The van der Waals surface area contributed by atoms with E-state index in [1.54, 1.807) is 42.3 Å². The quantitative estimate of drug-likeness (QED) is 0.623. The first kappa shape index (κ1) is 22.7. The largest absolute Gasteiger partial charge is 0.497 e. The first-order chi connectivity index (χ1) is 13.8. The van der Waals surface area contributed by atoms with Gasteiger partial charge in [0.05, 0.1) is 19.1 Å². The first-order valence-electron chi connectivity index (χ1n) is 9.35. The summed E-state index contributed by atoms with van der Waals surface area (Å²) in [6.45, 7) is 5.14. The highest BCUT2D eigenvalue weighted by molar-refractivity contribution is 7.89. The molecule has 0 spiro atoms. The van der Waals surface area contributed by atoms with E-state index in [1.807, 2.05) is 13.8 Å². The second-order valence-electron chi connectivity index (χ2n) is 6.44. The van der Waals surface area contributed by atoms with Gasteiger partial charge in [-0.3, -0.25) is 4.79 Å². The normalized spacial score (nSPS) is 11.4. The molecule has 0 aromatic heterocycles. The summed E-state index contributed by atoms with van der Waals surface area (Å²) in [6.07, 6.45) is 0. The van der Waals surface area contributed by atoms with Gasteiger partial charge in [-0.25, -0.2) is 8.42 Å². The maximum Gasteiger partial charge on any atom is 0.253 e. The van der Waals surface area contributed by atoms with Crippen molar-refractivity contribution in [3.8, 4) is 11.5 Å². The van der Waals surface area contributed by atoms with E-state index in [2.05, 4.69) is 0 Å². The lowest BCUT2D eigenvalue weighted by Crippen LogP contribution is -2.30. The average molecular weight is 421 g/mol. The molecular formula is C21H28N2O5S. The minimum atomic E-state index is -3.73. The van der Waals surface area contributed by atoms with Crippen molar-refractivity contribution < 1.29 is 22.7 Å². The Balaban J connectivity index is 2.23. The zero-order valence-electron chi connectivity index (χ0n) is 17.5. The number of sulfonamides is 1. The molecule has 0 atom stereocenters. The fraction of sp³-hybridized carbons (Fsp3) is 0.381. The van der Waals surface area contributed by atoms with Crippen molar-refractivity contribution in [3.05, 3.63) is 53.6 Å². The van der Waals surface area contributed by atoms with Crippen molar-refractivity contribution in [2.45, 2.75) is 25.3 Å². The van der Waals surface area contributed by atoms with E-state index in [-0.39, 0.29) is 17.3 Å². The number of benzene rings is 2. The molecule has 2 rings (SSSR count). The first-order valence-corrected chi connectivity index (χ1v) is 10.8. The van der Waals surface area contributed by atoms with E-state index in [0.717, 1.165) is 0 Å². The third-order valence-corrected chi connectivity index (χ3v) is 6.56. The molecule has 0 N–H and O–H groups in total. The van der Waals surface area contributed by atoms with E-state index in [0.29, 0.717) is 35.7 Å². The number of hydrogen-bond donors (Lipinski definition) is 0. The van der Waals surface area contributed by atoms with Crippen LogP contribution in [0.1, 0.15) is 29.8 Å². The Bertz CT molecular complexity index is 938. The van der Waals surface area contributed by atoms with Gasteiger partial charge in [0, 0.05) is 43.9 Å². The van der Waals surface area contributed by atoms with Crippen molar-refractivity contribution in [2.24, 2.45) is 0 Å². The number of carbonyl (C=O) groups is 1. The van der Waals surface area contributed by atoms with Crippen LogP contribution in [0.3, 0.4) is 0 Å². The summed E-state index contributed by atoms with van der Waals surface area (Å²) in [5.41, 5.74) is 1.18. The third-order valence-electron chi connectivity index (χ3n) is 4.75. The molecule has 2 aromatic carbocycles. The number of ether oxygens (including phenoxy) is 2. The number of amides is 1. The van der Waals surface area contributed by atoms with Crippen molar-refractivity contribution in [3.63, 3.8) is 0 Å². The van der Waals surface area contributed by atoms with Gasteiger partial charge < -0.3 is 14.4 Å². The summed E-state index contributed by atoms with van der Waals surface area (Å²) >= 11 is 0. The Morgan fingerprint density at radius 1 is 0.966 bits per heavy atom. The molecule has 0 saturated heterocycles. The highest BCUT2D eigenvalue weighted by Gasteiger charge is 2.23. The van der Waals surface area contributed by atoms with Crippen molar-refractivity contribution >= 4 is 15.9 Å². The molecule has 0 saturated carbocycles. The highest BCUT2D eigenvalue weighted by Crippen LogP contribution is 2.27. The van der Waals surface area contributed by atoms with Crippen LogP contribution in [0.4, 0.5) is 0 Å². The second kappa shape index (κ2) is 9.76. The summed E-state index contributed by atoms with van der Waals surface area (Å²) in [6, 6.07) is 11.3. The molecule has 0 aliphatic rings. The third kappa shape index (κ3) is 5.07. The van der Waals surface area contributed by atoms with Gasteiger partial charge in [0.15, 0.2) is 0 Å². The van der Waals surface area contributed by atoms with Gasteiger partial charge in [0.2, 0.25) is 10.0 Å². The van der Waals surface area contributed by atoms with Crippen LogP contribution >= 0.6 is 0 Å². The van der Waals surface area contributed by atoms with Crippen molar-refractivity contribution in [1.29, 1.82) is 0 Å². The van der Waals surface area contributed by atoms with Gasteiger partial charge in [-0.2, -0.15) is 4.31 Å². The van der Waals surface area contributed by atoms with E-state index in [4.69, 9.17) is 9.47 Å². The number of carbonyl (C=O) groups excluding carboxylic acids is 1. The van der Waals surface area contributed by atoms with Gasteiger partial charge in [-0.05, 0) is 44.2 Å². The van der Waals surface area contributed by atoms with Crippen LogP contribution in [0.5, 0.6) is 11.5 Å². The van der Waals surface area contributed by atoms with Crippen LogP contribution in [0.2, 0.25) is 0 Å². The number of rotatable bonds is 9. The molecule has 0 aliphatic carbocycles. The number of hydrogen-bond acceptors (Lipinski definition) is 5. The summed E-state index contributed by atoms with van der Waals surface area (Å²) in [5, 5.41) is 0. The standard InChI is InChI=1S/C21H28N2O5S/c1-6-23(7-2)21(24)16-9-12-19(13-10-16)29(25,26)22(3)15-17-8-11-18(27-4)14-20(17)28-5/h8-14H,6-7,15H2,1-5H3. The molecule has 0 fully saturated rings. The smallest absolute Gasteiger partial charge is 0.253 e. The molecule has 0 unspecified atom stereocenters. The topological polar surface area (TPSA) is 76.2 Å². The summed E-state index contributed by atoms with van der Waals surface area (Å²) in [4.78, 5) is 14.2. The summed E-state index contributed by atoms with van der Waals surface area (Å²) in [7, 11) is 0.859. The average Bonchev–Trinajstić information content (AvgIpc) is 2.74. The van der Waals surface area contributed by atoms with Crippen LogP contribution in [0.15, 0.2) is 47.4 Å². The molecule has 2 aromatic rings. The Hall–Kier alpha value is -2.58. The second-order valence-corrected chi connectivity index (χ2v) is 8.49. The van der Waals surface area contributed by atoms with Crippen LogP contribution < -0.4 is 9.47 Å². The summed E-state index contributed by atoms with van der Waals surface area (Å²) in [5.74, 6) is 1.06. The van der Waals surface area contributed by atoms with Gasteiger partial charge in [-0.1, -0.05) is 6.07 Å². The minimum absolute atomic E-state index is 0.115. The van der Waals surface area contributed by atoms with Crippen molar-refractivity contribution in [2.75, 3.05) is 34.4 Å². The number of nitrogens with zero attached hydrogens (tertiary/aromatic N) is 2. The zero-order chi connectivity index (χ0) is 21.6. The molecule has 7 nitrogen and oxygen atoms in total. The van der Waals surface area contributed by atoms with Crippen LogP contribution in [0.25, 0.3) is 0 Å². The molecule has 0 aliphatic heterocycles.